The van der Waals surface area contributed by atoms with E-state index in [1.165, 1.54) is 0 Å². The van der Waals surface area contributed by atoms with E-state index in [1.54, 1.807) is 12.4 Å². The third kappa shape index (κ3) is 6.74. The van der Waals surface area contributed by atoms with Crippen molar-refractivity contribution < 1.29 is 0 Å². The lowest BCUT2D eigenvalue weighted by molar-refractivity contribution is 0.874. The van der Waals surface area contributed by atoms with Crippen LogP contribution >= 0.6 is 23.2 Å². The Labute approximate surface area is 182 Å². The number of hydrogen-bond acceptors (Lipinski definition) is 3. The highest BCUT2D eigenvalue weighted by Crippen LogP contribution is 2.17. The molecule has 3 aromatic rings. The lowest BCUT2D eigenvalue weighted by Crippen LogP contribution is -2.27. The maximum Gasteiger partial charge on any atom is 0.0630 e. The third-order valence-corrected chi connectivity index (χ3v) is 4.74. The topological polar surface area (TPSA) is 28.5 Å². The van der Waals surface area contributed by atoms with Gasteiger partial charge in [0.2, 0.25) is 0 Å². The molecule has 0 aliphatic carbocycles. The summed E-state index contributed by atoms with van der Waals surface area (Å²) in [5.74, 6) is 1.15. The van der Waals surface area contributed by atoms with Gasteiger partial charge in [-0.05, 0) is 53.1 Å². The molecular formula is C24H23Cl2N3. The second-order valence-corrected chi connectivity index (χ2v) is 7.18. The van der Waals surface area contributed by atoms with Crippen molar-refractivity contribution in [1.29, 1.82) is 0 Å². The average Bonchev–Trinajstić information content (AvgIpc) is 2.78. The molecule has 1 aromatic heterocycles. The summed E-state index contributed by atoms with van der Waals surface area (Å²) in [5.41, 5.74) is 5.34. The summed E-state index contributed by atoms with van der Waals surface area (Å²) in [7, 11) is 0. The first kappa shape index (κ1) is 21.1. The second kappa shape index (κ2) is 11.4. The van der Waals surface area contributed by atoms with Crippen LogP contribution in [-0.2, 0) is 0 Å². The van der Waals surface area contributed by atoms with Crippen LogP contribution in [0.3, 0.4) is 0 Å². The molecule has 0 N–H and O–H groups in total. The first-order valence-corrected chi connectivity index (χ1v) is 10.5. The quantitative estimate of drug-likeness (QED) is 0.299. The number of rotatable bonds is 9. The van der Waals surface area contributed by atoms with Crippen LogP contribution in [0.1, 0.15) is 16.7 Å². The van der Waals surface area contributed by atoms with E-state index in [0.717, 1.165) is 41.2 Å². The maximum atomic E-state index is 5.88. The monoisotopic (exact) mass is 423 g/mol. The first-order chi connectivity index (χ1) is 14.3. The van der Waals surface area contributed by atoms with E-state index in [9.17, 15) is 0 Å². The van der Waals surface area contributed by atoms with E-state index in [-0.39, 0.29) is 0 Å². The normalized spacial score (nSPS) is 11.4. The number of anilines is 1. The summed E-state index contributed by atoms with van der Waals surface area (Å²) in [6.07, 6.45) is 9.60. The van der Waals surface area contributed by atoms with Crippen LogP contribution in [0.4, 0.5) is 11.4 Å². The van der Waals surface area contributed by atoms with Crippen molar-refractivity contribution in [2.75, 3.05) is 29.7 Å². The fourth-order valence-corrected chi connectivity index (χ4v) is 3.24. The van der Waals surface area contributed by atoms with Crippen molar-refractivity contribution >= 4 is 52.9 Å². The largest absolute Gasteiger partial charge is 0.369 e. The zero-order valence-electron chi connectivity index (χ0n) is 16.1. The molecule has 0 aliphatic rings. The van der Waals surface area contributed by atoms with Gasteiger partial charge in [-0.1, -0.05) is 36.4 Å². The molecule has 0 radical (unpaired) electrons. The SMILES string of the molecule is ClCCN(CCCl)c1ccc(C=Nc2ccc(C=Cc3ccncc3)cc2)cc1. The Morgan fingerprint density at radius 3 is 1.86 bits per heavy atom. The van der Waals surface area contributed by atoms with Gasteiger partial charge in [0.1, 0.15) is 0 Å². The molecule has 1 heterocycles. The van der Waals surface area contributed by atoms with Gasteiger partial charge in [-0.15, -0.1) is 23.2 Å². The number of benzene rings is 2. The molecule has 3 rings (SSSR count). The van der Waals surface area contributed by atoms with Crippen LogP contribution in [0, 0.1) is 0 Å². The fourth-order valence-electron chi connectivity index (χ4n) is 2.83. The lowest BCUT2D eigenvalue weighted by atomic mass is 10.1. The minimum absolute atomic E-state index is 0.577. The number of halogens is 2. The Bertz CT molecular complexity index is 915. The first-order valence-electron chi connectivity index (χ1n) is 9.47. The van der Waals surface area contributed by atoms with Gasteiger partial charge in [0.25, 0.3) is 0 Å². The highest BCUT2D eigenvalue weighted by atomic mass is 35.5. The van der Waals surface area contributed by atoms with E-state index < -0.39 is 0 Å². The number of aromatic nitrogens is 1. The molecule has 0 atom stereocenters. The summed E-state index contributed by atoms with van der Waals surface area (Å²) >= 11 is 11.8. The highest BCUT2D eigenvalue weighted by molar-refractivity contribution is 6.18. The van der Waals surface area contributed by atoms with Gasteiger partial charge in [0.05, 0.1) is 5.69 Å². The van der Waals surface area contributed by atoms with Crippen LogP contribution in [0.25, 0.3) is 12.2 Å². The molecule has 0 bridgehead atoms. The minimum Gasteiger partial charge on any atom is -0.369 e. The molecule has 0 fully saturated rings. The third-order valence-electron chi connectivity index (χ3n) is 4.40. The Morgan fingerprint density at radius 1 is 0.724 bits per heavy atom. The zero-order chi connectivity index (χ0) is 20.3. The van der Waals surface area contributed by atoms with Gasteiger partial charge in [0.15, 0.2) is 0 Å². The Balaban J connectivity index is 1.61. The predicted molar refractivity (Wildman–Crippen MR) is 127 cm³/mol. The molecule has 0 aliphatic heterocycles. The second-order valence-electron chi connectivity index (χ2n) is 6.42. The summed E-state index contributed by atoms with van der Waals surface area (Å²) in [4.78, 5) is 10.8. The molecule has 2 aromatic carbocycles. The minimum atomic E-state index is 0.577. The molecule has 0 saturated carbocycles. The molecule has 5 heteroatoms. The van der Waals surface area contributed by atoms with E-state index in [4.69, 9.17) is 23.2 Å². The van der Waals surface area contributed by atoms with E-state index >= 15 is 0 Å². The van der Waals surface area contributed by atoms with Crippen molar-refractivity contribution in [3.05, 3.63) is 89.7 Å². The van der Waals surface area contributed by atoms with E-state index in [0.29, 0.717) is 11.8 Å². The van der Waals surface area contributed by atoms with Gasteiger partial charge in [0, 0.05) is 49.1 Å². The molecule has 0 amide bonds. The van der Waals surface area contributed by atoms with Gasteiger partial charge >= 0.3 is 0 Å². The summed E-state index contributed by atoms with van der Waals surface area (Å²) in [5, 5.41) is 0. The highest BCUT2D eigenvalue weighted by Gasteiger charge is 2.04. The van der Waals surface area contributed by atoms with Gasteiger partial charge in [-0.3, -0.25) is 9.98 Å². The predicted octanol–water partition coefficient (Wildman–Crippen LogP) is 6.29. The average molecular weight is 424 g/mol. The Morgan fingerprint density at radius 2 is 1.28 bits per heavy atom. The number of nitrogens with zero attached hydrogens (tertiary/aromatic N) is 3. The molecular weight excluding hydrogens is 401 g/mol. The summed E-state index contributed by atoms with van der Waals surface area (Å²) < 4.78 is 0. The number of alkyl halides is 2. The summed E-state index contributed by atoms with van der Waals surface area (Å²) in [6, 6.07) is 20.4. The molecule has 0 saturated heterocycles. The van der Waals surface area contributed by atoms with Crippen LogP contribution in [0.2, 0.25) is 0 Å². The van der Waals surface area contributed by atoms with E-state index in [1.807, 2.05) is 30.5 Å². The van der Waals surface area contributed by atoms with Crippen molar-refractivity contribution in [3.8, 4) is 0 Å². The number of pyridine rings is 1. The van der Waals surface area contributed by atoms with Crippen LogP contribution in [-0.4, -0.2) is 36.0 Å². The smallest absolute Gasteiger partial charge is 0.0630 e. The Hall–Kier alpha value is -2.62. The van der Waals surface area contributed by atoms with Gasteiger partial charge in [-0.2, -0.15) is 0 Å². The zero-order valence-corrected chi connectivity index (χ0v) is 17.6. The van der Waals surface area contributed by atoms with Crippen molar-refractivity contribution in [2.45, 2.75) is 0 Å². The fraction of sp³-hybridized carbons (Fsp3) is 0.167. The van der Waals surface area contributed by atoms with Crippen LogP contribution in [0.5, 0.6) is 0 Å². The molecule has 0 spiro atoms. The molecule has 0 unspecified atom stereocenters. The molecule has 29 heavy (non-hydrogen) atoms. The van der Waals surface area contributed by atoms with Gasteiger partial charge < -0.3 is 4.90 Å². The summed E-state index contributed by atoms with van der Waals surface area (Å²) in [6.45, 7) is 1.56. The molecule has 148 valence electrons. The van der Waals surface area contributed by atoms with Gasteiger partial charge in [-0.25, -0.2) is 0 Å². The lowest BCUT2D eigenvalue weighted by Gasteiger charge is -2.22. The van der Waals surface area contributed by atoms with Crippen molar-refractivity contribution in [3.63, 3.8) is 0 Å². The van der Waals surface area contributed by atoms with E-state index in [2.05, 4.69) is 63.4 Å². The van der Waals surface area contributed by atoms with Crippen molar-refractivity contribution in [2.24, 2.45) is 4.99 Å². The number of aliphatic imine (C=N–C) groups is 1. The maximum absolute atomic E-state index is 5.88. The molecule has 3 nitrogen and oxygen atoms in total. The van der Waals surface area contributed by atoms with Crippen LogP contribution < -0.4 is 4.90 Å². The Kier molecular flexibility index (Phi) is 8.29. The number of hydrogen-bond donors (Lipinski definition) is 0. The standard InChI is InChI=1S/C24H23Cl2N3/c25-13-17-29(18-14-26)24-9-5-22(6-10-24)19-28-23-7-3-20(4-8-23)1-2-21-11-15-27-16-12-21/h1-12,15-16,19H,13-14,17-18H2. The van der Waals surface area contributed by atoms with Crippen LogP contribution in [0.15, 0.2) is 78.0 Å². The van der Waals surface area contributed by atoms with Crippen molar-refractivity contribution in [1.82, 2.24) is 4.98 Å².